The Morgan fingerprint density at radius 3 is 1.15 bits per heavy atom. The van der Waals surface area contributed by atoms with Crippen molar-refractivity contribution < 1.29 is 19.4 Å². The lowest BCUT2D eigenvalue weighted by Crippen LogP contribution is -2.36. The average Bonchev–Trinajstić information content (AvgIpc) is 3.11. The molecule has 52 heavy (non-hydrogen) atoms. The minimum atomic E-state index is -0.913. The van der Waals surface area contributed by atoms with Crippen LogP contribution in [0.3, 0.4) is 0 Å². The number of aliphatic hydroxyl groups is 1. The molecule has 0 aliphatic heterocycles. The summed E-state index contributed by atoms with van der Waals surface area (Å²) in [6.45, 7) is 12.4. The lowest BCUT2D eigenvalue weighted by molar-refractivity contribution is -0.213. The molecular formula is C46H96N2O4. The summed E-state index contributed by atoms with van der Waals surface area (Å²) in [5, 5.41) is 15.5. The lowest BCUT2D eigenvalue weighted by Gasteiger charge is -2.24. The number of hydrogen-bond donors (Lipinski definition) is 2. The summed E-state index contributed by atoms with van der Waals surface area (Å²) < 4.78 is 11.9. The molecule has 6 nitrogen and oxygen atoms in total. The first-order chi connectivity index (χ1) is 25.3. The Hall–Kier alpha value is -0.240. The van der Waals surface area contributed by atoms with E-state index >= 15 is 0 Å². The molecule has 0 saturated heterocycles. The van der Waals surface area contributed by atoms with Crippen LogP contribution in [0.25, 0.3) is 0 Å². The van der Waals surface area contributed by atoms with Gasteiger partial charge in [0.25, 0.3) is 0 Å². The van der Waals surface area contributed by atoms with Crippen LogP contribution in [0.5, 0.6) is 0 Å². The molecule has 314 valence electrons. The van der Waals surface area contributed by atoms with E-state index in [1.807, 2.05) is 27.8 Å². The van der Waals surface area contributed by atoms with Crippen molar-refractivity contribution in [1.82, 2.24) is 10.4 Å². The van der Waals surface area contributed by atoms with Crippen molar-refractivity contribution in [2.24, 2.45) is 0 Å². The topological polar surface area (TPSA) is 63.2 Å². The maximum atomic E-state index is 10.7. The highest BCUT2D eigenvalue weighted by Crippen LogP contribution is 2.19. The molecule has 0 bridgehead atoms. The van der Waals surface area contributed by atoms with Gasteiger partial charge in [-0.25, -0.2) is 0 Å². The molecule has 0 fully saturated rings. The van der Waals surface area contributed by atoms with E-state index in [1.54, 1.807) is 5.06 Å². The molecule has 2 N–H and O–H groups in total. The molecule has 0 aliphatic rings. The molecule has 6 heteroatoms. The van der Waals surface area contributed by atoms with E-state index in [9.17, 15) is 5.11 Å². The molecule has 0 aromatic heterocycles. The molecule has 2 unspecified atom stereocenters. The van der Waals surface area contributed by atoms with Crippen molar-refractivity contribution in [3.63, 3.8) is 0 Å². The number of unbranched alkanes of at least 4 members (excludes halogenated alkanes) is 29. The Balaban J connectivity index is 4.13. The molecule has 0 aromatic carbocycles. The van der Waals surface area contributed by atoms with Crippen LogP contribution in [0.1, 0.15) is 253 Å². The quantitative estimate of drug-likeness (QED) is 0.0369. The largest absolute Gasteiger partial charge is 0.358 e. The number of hydrogen-bond acceptors (Lipinski definition) is 6. The fourth-order valence-electron chi connectivity index (χ4n) is 7.01. The average molecular weight is 741 g/mol. The minimum absolute atomic E-state index is 0.132. The van der Waals surface area contributed by atoms with Crippen LogP contribution in [-0.2, 0) is 14.3 Å². The second-order valence-corrected chi connectivity index (χ2v) is 17.1. The van der Waals surface area contributed by atoms with E-state index in [1.165, 1.54) is 199 Å². The molecule has 0 radical (unpaired) electrons. The van der Waals surface area contributed by atoms with Crippen LogP contribution in [-0.4, -0.2) is 55.2 Å². The summed E-state index contributed by atoms with van der Waals surface area (Å²) in [6.07, 6.45) is 45.2. The van der Waals surface area contributed by atoms with Crippen molar-refractivity contribution in [2.75, 3.05) is 26.9 Å². The fraction of sp³-hybridized carbons (Fsp3) is 1.00. The van der Waals surface area contributed by atoms with Crippen molar-refractivity contribution in [3.8, 4) is 0 Å². The Labute approximate surface area is 327 Å². The Bertz CT molecular complexity index is 673. The van der Waals surface area contributed by atoms with E-state index in [-0.39, 0.29) is 11.7 Å². The van der Waals surface area contributed by atoms with Gasteiger partial charge in [0.1, 0.15) is 6.73 Å². The van der Waals surface area contributed by atoms with Crippen molar-refractivity contribution in [3.05, 3.63) is 0 Å². The zero-order chi connectivity index (χ0) is 38.2. The number of ether oxygens (including phenoxy) is 2. The molecule has 0 saturated carbocycles. The van der Waals surface area contributed by atoms with Gasteiger partial charge in [0.2, 0.25) is 6.41 Å². The van der Waals surface area contributed by atoms with Crippen molar-refractivity contribution in [2.45, 2.75) is 271 Å². The first-order valence-electron chi connectivity index (χ1n) is 23.3. The third-order valence-corrected chi connectivity index (χ3v) is 10.5. The predicted octanol–water partition coefficient (Wildman–Crippen LogP) is 14.2. The smallest absolute Gasteiger partial charge is 0.213 e. The molecule has 2 atom stereocenters. The first kappa shape index (κ1) is 51.8. The monoisotopic (exact) mass is 741 g/mol. The zero-order valence-electron chi connectivity index (χ0n) is 36.4. The normalized spacial score (nSPS) is 13.4. The van der Waals surface area contributed by atoms with Gasteiger partial charge < -0.3 is 14.6 Å². The Morgan fingerprint density at radius 2 is 0.827 bits per heavy atom. The highest BCUT2D eigenvalue weighted by atomic mass is 16.7. The van der Waals surface area contributed by atoms with Gasteiger partial charge in [-0.3, -0.25) is 10.2 Å². The van der Waals surface area contributed by atoms with Crippen molar-refractivity contribution in [1.29, 1.82) is 0 Å². The van der Waals surface area contributed by atoms with Gasteiger partial charge in [0, 0.05) is 13.6 Å². The lowest BCUT2D eigenvalue weighted by atomic mass is 10.0. The molecular weight excluding hydrogens is 645 g/mol. The number of nitrogens with one attached hydrogen (secondary N) is 1. The van der Waals surface area contributed by atoms with Gasteiger partial charge in [-0.05, 0) is 40.0 Å². The highest BCUT2D eigenvalue weighted by molar-refractivity contribution is 4.62. The summed E-state index contributed by atoms with van der Waals surface area (Å²) in [6, 6.07) is 0. The third kappa shape index (κ3) is 42.5. The van der Waals surface area contributed by atoms with Gasteiger partial charge in [0.15, 0.2) is 0 Å². The van der Waals surface area contributed by atoms with Crippen LogP contribution < -0.4 is 5.32 Å². The van der Waals surface area contributed by atoms with E-state index < -0.39 is 6.41 Å². The number of rotatable bonds is 43. The van der Waals surface area contributed by atoms with E-state index in [0.29, 0.717) is 19.9 Å². The van der Waals surface area contributed by atoms with Gasteiger partial charge in [0.05, 0.1) is 18.3 Å². The van der Waals surface area contributed by atoms with Gasteiger partial charge in [-0.15, -0.1) is 0 Å². The third-order valence-electron chi connectivity index (χ3n) is 10.5. The number of hydroxylamine groups is 2. The second kappa shape index (κ2) is 40.4. The summed E-state index contributed by atoms with van der Waals surface area (Å²) in [7, 11) is 1.89. The van der Waals surface area contributed by atoms with Crippen LogP contribution in [0, 0.1) is 0 Å². The van der Waals surface area contributed by atoms with Crippen LogP contribution in [0.2, 0.25) is 0 Å². The summed E-state index contributed by atoms with van der Waals surface area (Å²) >= 11 is 0. The van der Waals surface area contributed by atoms with Gasteiger partial charge in [-0.2, -0.15) is 5.06 Å². The SMILES string of the molecule is CCCCCCCCCCCCCCCCCCC(CCCCCCCCCCCCCCCCC)OC(O)NCCCON(C)COC(C)(C)C. The Morgan fingerprint density at radius 1 is 0.500 bits per heavy atom. The Kier molecular flexibility index (Phi) is 40.2. The summed E-state index contributed by atoms with van der Waals surface area (Å²) in [5.41, 5.74) is -0.185. The molecule has 0 spiro atoms. The van der Waals surface area contributed by atoms with E-state index in [4.69, 9.17) is 14.3 Å². The predicted molar refractivity (Wildman–Crippen MR) is 227 cm³/mol. The highest BCUT2D eigenvalue weighted by Gasteiger charge is 2.15. The minimum Gasteiger partial charge on any atom is -0.358 e. The van der Waals surface area contributed by atoms with E-state index in [0.717, 1.165) is 19.3 Å². The maximum absolute atomic E-state index is 10.7. The zero-order valence-corrected chi connectivity index (χ0v) is 36.4. The molecule has 0 rings (SSSR count). The number of nitrogens with zero attached hydrogens (tertiary/aromatic N) is 1. The van der Waals surface area contributed by atoms with Crippen LogP contribution in [0.4, 0.5) is 0 Å². The maximum Gasteiger partial charge on any atom is 0.213 e. The van der Waals surface area contributed by atoms with Gasteiger partial charge >= 0.3 is 0 Å². The fourth-order valence-corrected chi connectivity index (χ4v) is 7.01. The summed E-state index contributed by atoms with van der Waals surface area (Å²) in [4.78, 5) is 5.72. The summed E-state index contributed by atoms with van der Waals surface area (Å²) in [5.74, 6) is 0. The number of aliphatic hydroxyl groups excluding tert-OH is 1. The molecule has 0 heterocycles. The first-order valence-corrected chi connectivity index (χ1v) is 23.3. The van der Waals surface area contributed by atoms with Crippen LogP contribution >= 0.6 is 0 Å². The molecule has 0 amide bonds. The van der Waals surface area contributed by atoms with Crippen molar-refractivity contribution >= 4 is 0 Å². The van der Waals surface area contributed by atoms with Gasteiger partial charge in [-0.1, -0.05) is 213 Å². The van der Waals surface area contributed by atoms with Crippen LogP contribution in [0.15, 0.2) is 0 Å². The molecule has 0 aromatic rings. The second-order valence-electron chi connectivity index (χ2n) is 17.1. The van der Waals surface area contributed by atoms with E-state index in [2.05, 4.69) is 19.2 Å². The molecule has 0 aliphatic carbocycles. The standard InChI is InChI=1S/C46H96N2O4/c1-7-9-11-13-15-17-19-21-23-25-27-29-31-33-35-37-40-44(52-45(49)47-41-38-42-51-48(6)43-50-46(3,4)5)39-36-34-32-30-28-26-24-22-20-18-16-14-12-10-8-2/h44-45,47,49H,7-43H2,1-6H3.